The Morgan fingerprint density at radius 2 is 2.09 bits per heavy atom. The molecule has 0 heterocycles. The molecule has 0 aromatic heterocycles. The molecule has 1 aromatic carbocycles. The first-order chi connectivity index (χ1) is 10.5. The quantitative estimate of drug-likeness (QED) is 0.345. The number of aryl methyl sites for hydroxylation is 2. The number of hydrogen-bond acceptors (Lipinski definition) is 2. The van der Waals surface area contributed by atoms with Crippen LogP contribution in [0.4, 0.5) is 10.5 Å². The van der Waals surface area contributed by atoms with Crippen molar-refractivity contribution in [2.75, 3.05) is 5.32 Å². The van der Waals surface area contributed by atoms with Crippen LogP contribution in [0.15, 0.2) is 23.2 Å². The third kappa shape index (κ3) is 6.80. The van der Waals surface area contributed by atoms with Crippen molar-refractivity contribution in [3.05, 3.63) is 29.3 Å². The zero-order valence-electron chi connectivity index (χ0n) is 13.5. The fourth-order valence-corrected chi connectivity index (χ4v) is 1.87. The first-order valence-electron chi connectivity index (χ1n) is 7.49. The second-order valence-corrected chi connectivity index (χ2v) is 5.14. The molecule has 22 heavy (non-hydrogen) atoms. The number of nitrogens with zero attached hydrogens (tertiary/aromatic N) is 1. The molecule has 0 fully saturated rings. The topological polar surface area (TPSA) is 79.5 Å². The fourth-order valence-electron chi connectivity index (χ4n) is 1.87. The number of urea groups is 1. The van der Waals surface area contributed by atoms with E-state index in [1.165, 1.54) is 0 Å². The monoisotopic (exact) mass is 300 g/mol. The third-order valence-corrected chi connectivity index (χ3v) is 3.03. The summed E-state index contributed by atoms with van der Waals surface area (Å²) in [6, 6.07) is 7.95. The number of anilines is 1. The standard InChI is InChI=1S/C17H24N4O/c1-4-5-6-7-8-11-19-16(18)21-17(22)20-15-10-9-13(2)12-14(15)3/h9-10,12H,4-7H2,1-3H3,(H4,18,19,20,21,22). The number of nitrogens with two attached hydrogens (primary N) is 1. The molecule has 5 heteroatoms. The van der Waals surface area contributed by atoms with Gasteiger partial charge in [-0.25, -0.2) is 4.79 Å². The summed E-state index contributed by atoms with van der Waals surface area (Å²) < 4.78 is 0. The lowest BCUT2D eigenvalue weighted by Gasteiger charge is -2.09. The zero-order chi connectivity index (χ0) is 16.4. The first-order valence-corrected chi connectivity index (χ1v) is 7.49. The van der Waals surface area contributed by atoms with Crippen LogP contribution in [-0.2, 0) is 0 Å². The Kier molecular flexibility index (Phi) is 7.55. The predicted molar refractivity (Wildman–Crippen MR) is 91.6 cm³/mol. The van der Waals surface area contributed by atoms with E-state index < -0.39 is 6.03 Å². The lowest BCUT2D eigenvalue weighted by molar-refractivity contribution is 0.256. The van der Waals surface area contributed by atoms with Gasteiger partial charge in [0.05, 0.1) is 0 Å². The average Bonchev–Trinajstić information content (AvgIpc) is 2.45. The van der Waals surface area contributed by atoms with Gasteiger partial charge in [0.15, 0.2) is 0 Å². The van der Waals surface area contributed by atoms with Crippen LogP contribution in [0.3, 0.4) is 0 Å². The molecule has 0 aliphatic carbocycles. The van der Waals surface area contributed by atoms with Crippen LogP contribution in [0.2, 0.25) is 0 Å². The van der Waals surface area contributed by atoms with Crippen LogP contribution in [0.1, 0.15) is 43.7 Å². The Bertz CT molecular complexity index is 596. The molecular weight excluding hydrogens is 276 g/mol. The molecule has 0 bridgehead atoms. The summed E-state index contributed by atoms with van der Waals surface area (Å²) in [6.07, 6.45) is 4.16. The summed E-state index contributed by atoms with van der Waals surface area (Å²) in [5.74, 6) is 2.89. The van der Waals surface area contributed by atoms with E-state index in [9.17, 15) is 4.79 Å². The predicted octanol–water partition coefficient (Wildman–Crippen LogP) is 3.28. The van der Waals surface area contributed by atoms with E-state index in [2.05, 4.69) is 34.5 Å². The van der Waals surface area contributed by atoms with E-state index >= 15 is 0 Å². The normalized spacial score (nSPS) is 10.6. The van der Waals surface area contributed by atoms with E-state index in [0.29, 0.717) is 0 Å². The largest absolute Gasteiger partial charge is 0.369 e. The first kappa shape index (κ1) is 17.6. The fraction of sp³-hybridized carbons (Fsp3) is 0.412. The van der Waals surface area contributed by atoms with Crippen molar-refractivity contribution in [2.24, 2.45) is 10.7 Å². The Morgan fingerprint density at radius 3 is 2.77 bits per heavy atom. The molecule has 0 atom stereocenters. The van der Waals surface area contributed by atoms with Crippen LogP contribution in [0, 0.1) is 25.8 Å². The van der Waals surface area contributed by atoms with Crippen LogP contribution < -0.4 is 16.4 Å². The number of aliphatic imine (C=N–C) groups is 1. The molecule has 0 saturated heterocycles. The van der Waals surface area contributed by atoms with Gasteiger partial charge < -0.3 is 11.1 Å². The van der Waals surface area contributed by atoms with Gasteiger partial charge in [0.25, 0.3) is 0 Å². The summed E-state index contributed by atoms with van der Waals surface area (Å²) in [6.45, 7) is 6.07. The van der Waals surface area contributed by atoms with Crippen molar-refractivity contribution in [2.45, 2.75) is 46.5 Å². The van der Waals surface area contributed by atoms with Crippen molar-refractivity contribution < 1.29 is 4.79 Å². The highest BCUT2D eigenvalue weighted by Gasteiger charge is 2.05. The molecular formula is C17H24N4O. The highest BCUT2D eigenvalue weighted by atomic mass is 16.2. The van der Waals surface area contributed by atoms with Gasteiger partial charge in [0.2, 0.25) is 5.96 Å². The molecule has 0 aliphatic heterocycles. The summed E-state index contributed by atoms with van der Waals surface area (Å²) >= 11 is 0. The minimum atomic E-state index is -0.430. The molecule has 0 aliphatic rings. The molecule has 4 N–H and O–H groups in total. The SMILES string of the molecule is CCCCCC#CN=C(N)NC(=O)Nc1ccc(C)cc1C. The molecule has 2 amide bonds. The minimum absolute atomic E-state index is 0.00902. The second-order valence-electron chi connectivity index (χ2n) is 5.14. The van der Waals surface area contributed by atoms with Crippen LogP contribution in [-0.4, -0.2) is 12.0 Å². The number of nitrogens with one attached hydrogen (secondary N) is 2. The molecule has 1 aromatic rings. The van der Waals surface area contributed by atoms with Gasteiger partial charge >= 0.3 is 6.03 Å². The van der Waals surface area contributed by atoms with Gasteiger partial charge in [-0.15, -0.1) is 0 Å². The summed E-state index contributed by atoms with van der Waals surface area (Å²) in [4.78, 5) is 15.6. The van der Waals surface area contributed by atoms with E-state index in [1.54, 1.807) is 0 Å². The van der Waals surface area contributed by atoms with Gasteiger partial charge in [0.1, 0.15) is 0 Å². The van der Waals surface area contributed by atoms with E-state index in [0.717, 1.165) is 42.5 Å². The number of hydrogen-bond donors (Lipinski definition) is 3. The molecule has 0 radical (unpaired) electrons. The molecule has 5 nitrogen and oxygen atoms in total. The number of carbonyl (C=O) groups is 1. The second kappa shape index (κ2) is 9.46. The zero-order valence-corrected chi connectivity index (χ0v) is 13.5. The maximum absolute atomic E-state index is 11.8. The molecule has 1 rings (SSSR count). The number of unbranched alkanes of at least 4 members (excludes halogenated alkanes) is 3. The van der Waals surface area contributed by atoms with Gasteiger partial charge in [-0.3, -0.25) is 5.32 Å². The molecule has 0 unspecified atom stereocenters. The summed E-state index contributed by atoms with van der Waals surface area (Å²) in [5, 5.41) is 5.18. The Hall–Kier alpha value is -2.48. The van der Waals surface area contributed by atoms with Gasteiger partial charge in [-0.05, 0) is 31.9 Å². The van der Waals surface area contributed by atoms with Gasteiger partial charge in [0, 0.05) is 18.2 Å². The summed E-state index contributed by atoms with van der Waals surface area (Å²) in [7, 11) is 0. The highest BCUT2D eigenvalue weighted by Crippen LogP contribution is 2.15. The van der Waals surface area contributed by atoms with Crippen molar-refractivity contribution in [3.63, 3.8) is 0 Å². The minimum Gasteiger partial charge on any atom is -0.369 e. The van der Waals surface area contributed by atoms with E-state index in [1.807, 2.05) is 32.0 Å². The van der Waals surface area contributed by atoms with Gasteiger partial charge in [-0.2, -0.15) is 4.99 Å². The number of amides is 2. The molecule has 118 valence electrons. The Balaban J connectivity index is 2.46. The maximum atomic E-state index is 11.8. The van der Waals surface area contributed by atoms with Crippen molar-refractivity contribution in [1.29, 1.82) is 0 Å². The lowest BCUT2D eigenvalue weighted by Crippen LogP contribution is -2.39. The summed E-state index contributed by atoms with van der Waals surface area (Å²) in [5.41, 5.74) is 8.47. The smallest absolute Gasteiger partial charge is 0.326 e. The number of benzene rings is 1. The van der Waals surface area contributed by atoms with E-state index in [4.69, 9.17) is 5.73 Å². The third-order valence-electron chi connectivity index (χ3n) is 3.03. The average molecular weight is 300 g/mol. The Labute approximate surface area is 132 Å². The Morgan fingerprint density at radius 1 is 1.32 bits per heavy atom. The number of rotatable bonds is 4. The van der Waals surface area contributed by atoms with Crippen molar-refractivity contribution in [3.8, 4) is 12.0 Å². The molecule has 0 spiro atoms. The number of guanidine groups is 1. The number of carbonyl (C=O) groups excluding carboxylic acids is 1. The van der Waals surface area contributed by atoms with Crippen LogP contribution in [0.5, 0.6) is 0 Å². The van der Waals surface area contributed by atoms with Crippen LogP contribution in [0.25, 0.3) is 0 Å². The highest BCUT2D eigenvalue weighted by molar-refractivity contribution is 6.02. The van der Waals surface area contributed by atoms with Crippen molar-refractivity contribution in [1.82, 2.24) is 5.32 Å². The lowest BCUT2D eigenvalue weighted by atomic mass is 10.1. The van der Waals surface area contributed by atoms with Gasteiger partial charge in [-0.1, -0.05) is 43.4 Å². The van der Waals surface area contributed by atoms with Crippen LogP contribution >= 0.6 is 0 Å². The van der Waals surface area contributed by atoms with E-state index in [-0.39, 0.29) is 5.96 Å². The van der Waals surface area contributed by atoms with Crippen molar-refractivity contribution >= 4 is 17.7 Å². The maximum Gasteiger partial charge on any atom is 0.326 e. The molecule has 0 saturated carbocycles.